The molecule has 0 aliphatic carbocycles. The smallest absolute Gasteiger partial charge is 0.264 e. The molecule has 41 heavy (non-hydrogen) atoms. The first-order valence-corrected chi connectivity index (χ1v) is 15.6. The lowest BCUT2D eigenvalue weighted by Crippen LogP contribution is -2.53. The molecule has 0 aliphatic heterocycles. The molecule has 0 aromatic heterocycles. The van der Waals surface area contributed by atoms with E-state index in [0.717, 1.165) is 15.4 Å². The summed E-state index contributed by atoms with van der Waals surface area (Å²) >= 11 is 12.6. The van der Waals surface area contributed by atoms with Crippen LogP contribution in [0.1, 0.15) is 49.4 Å². The number of aryl methyl sites for hydroxylation is 3. The Bertz CT molecular complexity index is 1510. The minimum absolute atomic E-state index is 0.00977. The van der Waals surface area contributed by atoms with Gasteiger partial charge in [0.1, 0.15) is 12.6 Å². The zero-order valence-corrected chi connectivity index (χ0v) is 26.6. The molecule has 3 rings (SSSR count). The maximum Gasteiger partial charge on any atom is 0.264 e. The largest absolute Gasteiger partial charge is 0.352 e. The highest BCUT2D eigenvalue weighted by molar-refractivity contribution is 7.92. The third-order valence-electron chi connectivity index (χ3n) is 6.68. The average molecular weight is 619 g/mol. The van der Waals surface area contributed by atoms with Crippen molar-refractivity contribution in [2.45, 2.75) is 71.5 Å². The summed E-state index contributed by atoms with van der Waals surface area (Å²) in [6.07, 6.45) is 0.309. The molecule has 0 fully saturated rings. The SMILES string of the molecule is CC[C@@H](C(=O)NC(C)C)N(Cc1ccc(Cl)cc1Cl)C(=O)CN(c1ccc(C)cc1C)S(=O)(=O)c1ccc(C)cc1. The Morgan fingerprint density at radius 2 is 1.54 bits per heavy atom. The Hall–Kier alpha value is -3.07. The molecule has 0 spiro atoms. The number of amides is 2. The Kier molecular flexibility index (Phi) is 10.9. The standard InChI is InChI=1S/C31H37Cl2N3O4S/c1-7-28(31(38)34-20(2)3)35(18-24-11-12-25(32)17-27(24)33)30(37)19-36(29-15-10-22(5)16-23(29)6)41(39,40)26-13-8-21(4)9-14-26/h8-17,20,28H,7,18-19H2,1-6H3,(H,34,38)/t28-/m0/s1. The van der Waals surface area contributed by atoms with Crippen LogP contribution in [-0.4, -0.2) is 43.8 Å². The van der Waals surface area contributed by atoms with Gasteiger partial charge >= 0.3 is 0 Å². The fraction of sp³-hybridized carbons (Fsp3) is 0.355. The van der Waals surface area contributed by atoms with Crippen LogP contribution in [0.3, 0.4) is 0 Å². The van der Waals surface area contributed by atoms with Crippen LogP contribution in [0.5, 0.6) is 0 Å². The molecule has 220 valence electrons. The van der Waals surface area contributed by atoms with Crippen molar-refractivity contribution in [3.05, 3.63) is 93.0 Å². The summed E-state index contributed by atoms with van der Waals surface area (Å²) in [4.78, 5) is 28.9. The number of hydrogen-bond acceptors (Lipinski definition) is 4. The summed E-state index contributed by atoms with van der Waals surface area (Å²) in [5.41, 5.74) is 3.53. The third kappa shape index (κ3) is 8.03. The summed E-state index contributed by atoms with van der Waals surface area (Å²) in [5.74, 6) is -0.877. The molecule has 1 atom stereocenters. The van der Waals surface area contributed by atoms with Crippen LogP contribution < -0.4 is 9.62 Å². The van der Waals surface area contributed by atoms with Crippen LogP contribution in [0, 0.1) is 20.8 Å². The predicted octanol–water partition coefficient (Wildman–Crippen LogP) is 6.45. The van der Waals surface area contributed by atoms with E-state index < -0.39 is 28.5 Å². The fourth-order valence-corrected chi connectivity index (χ4v) is 6.52. The Labute approximate surface area is 253 Å². The molecule has 0 aliphatic rings. The highest BCUT2D eigenvalue weighted by Gasteiger charge is 2.34. The van der Waals surface area contributed by atoms with E-state index in [2.05, 4.69) is 5.32 Å². The minimum Gasteiger partial charge on any atom is -0.352 e. The summed E-state index contributed by atoms with van der Waals surface area (Å²) in [7, 11) is -4.15. The Morgan fingerprint density at radius 3 is 2.10 bits per heavy atom. The van der Waals surface area contributed by atoms with Crippen LogP contribution in [0.25, 0.3) is 0 Å². The van der Waals surface area contributed by atoms with E-state index in [1.165, 1.54) is 17.0 Å². The average Bonchev–Trinajstić information content (AvgIpc) is 2.88. The monoisotopic (exact) mass is 617 g/mol. The van der Waals surface area contributed by atoms with E-state index in [4.69, 9.17) is 23.2 Å². The lowest BCUT2D eigenvalue weighted by Gasteiger charge is -2.34. The topological polar surface area (TPSA) is 86.8 Å². The second kappa shape index (κ2) is 13.7. The quantitative estimate of drug-likeness (QED) is 0.268. The summed E-state index contributed by atoms with van der Waals surface area (Å²) in [6, 6.07) is 15.8. The predicted molar refractivity (Wildman–Crippen MR) is 166 cm³/mol. The number of halogens is 2. The van der Waals surface area contributed by atoms with E-state index in [0.29, 0.717) is 33.3 Å². The van der Waals surface area contributed by atoms with Gasteiger partial charge in [0.15, 0.2) is 0 Å². The van der Waals surface area contributed by atoms with Crippen LogP contribution >= 0.6 is 23.2 Å². The molecule has 7 nitrogen and oxygen atoms in total. The van der Waals surface area contributed by atoms with Gasteiger partial charge in [-0.05, 0) is 82.5 Å². The molecule has 10 heteroatoms. The van der Waals surface area contributed by atoms with Gasteiger partial charge in [0.05, 0.1) is 10.6 Å². The lowest BCUT2D eigenvalue weighted by molar-refractivity contribution is -0.140. The first-order valence-electron chi connectivity index (χ1n) is 13.4. The van der Waals surface area contributed by atoms with Crippen LogP contribution in [0.15, 0.2) is 65.6 Å². The highest BCUT2D eigenvalue weighted by atomic mass is 35.5. The molecule has 1 N–H and O–H groups in total. The molecular formula is C31H37Cl2N3O4S. The van der Waals surface area contributed by atoms with E-state index in [-0.39, 0.29) is 23.4 Å². The van der Waals surface area contributed by atoms with E-state index >= 15 is 0 Å². The molecule has 3 aromatic carbocycles. The summed E-state index contributed by atoms with van der Waals surface area (Å²) in [5, 5.41) is 3.66. The first kappa shape index (κ1) is 32.4. The van der Waals surface area contributed by atoms with Gasteiger partial charge in [0, 0.05) is 22.6 Å². The fourth-order valence-electron chi connectivity index (χ4n) is 4.57. The Morgan fingerprint density at radius 1 is 0.902 bits per heavy atom. The van der Waals surface area contributed by atoms with Crippen molar-refractivity contribution in [1.29, 1.82) is 0 Å². The van der Waals surface area contributed by atoms with Crippen molar-refractivity contribution in [2.24, 2.45) is 0 Å². The van der Waals surface area contributed by atoms with Gasteiger partial charge in [-0.3, -0.25) is 13.9 Å². The van der Waals surface area contributed by atoms with Crippen molar-refractivity contribution in [3.63, 3.8) is 0 Å². The lowest BCUT2D eigenvalue weighted by atomic mass is 10.1. The van der Waals surface area contributed by atoms with Crippen molar-refractivity contribution >= 4 is 50.7 Å². The number of carbonyl (C=O) groups excluding carboxylic acids is 2. The van der Waals surface area contributed by atoms with Gasteiger partial charge in [-0.2, -0.15) is 0 Å². The third-order valence-corrected chi connectivity index (χ3v) is 9.04. The zero-order chi connectivity index (χ0) is 30.5. The van der Waals surface area contributed by atoms with Gasteiger partial charge in [-0.1, -0.05) is 71.6 Å². The molecule has 0 heterocycles. The second-order valence-electron chi connectivity index (χ2n) is 10.5. The van der Waals surface area contributed by atoms with Crippen molar-refractivity contribution in [2.75, 3.05) is 10.8 Å². The second-order valence-corrected chi connectivity index (χ2v) is 13.2. The zero-order valence-electron chi connectivity index (χ0n) is 24.2. The van der Waals surface area contributed by atoms with Crippen molar-refractivity contribution in [3.8, 4) is 0 Å². The molecule has 3 aromatic rings. The number of benzene rings is 3. The highest BCUT2D eigenvalue weighted by Crippen LogP contribution is 2.29. The van der Waals surface area contributed by atoms with Crippen LogP contribution in [0.4, 0.5) is 5.69 Å². The van der Waals surface area contributed by atoms with Gasteiger partial charge in [0.25, 0.3) is 10.0 Å². The van der Waals surface area contributed by atoms with Gasteiger partial charge in [-0.25, -0.2) is 8.42 Å². The maximum absolute atomic E-state index is 14.2. The van der Waals surface area contributed by atoms with Gasteiger partial charge in [-0.15, -0.1) is 0 Å². The molecule has 0 saturated carbocycles. The molecular weight excluding hydrogens is 581 g/mol. The summed E-state index contributed by atoms with van der Waals surface area (Å²) in [6.45, 7) is 10.5. The molecule has 0 saturated heterocycles. The van der Waals surface area contributed by atoms with Crippen LogP contribution in [-0.2, 0) is 26.2 Å². The normalized spacial score (nSPS) is 12.2. The number of sulfonamides is 1. The van der Waals surface area contributed by atoms with Gasteiger partial charge < -0.3 is 10.2 Å². The number of rotatable bonds is 11. The Balaban J connectivity index is 2.12. The van der Waals surface area contributed by atoms with E-state index in [1.54, 1.807) is 56.3 Å². The number of nitrogens with one attached hydrogen (secondary N) is 1. The first-order chi connectivity index (χ1) is 19.2. The van der Waals surface area contributed by atoms with E-state index in [1.807, 2.05) is 33.8 Å². The number of nitrogens with zero attached hydrogens (tertiary/aromatic N) is 2. The van der Waals surface area contributed by atoms with Gasteiger partial charge in [0.2, 0.25) is 11.8 Å². The van der Waals surface area contributed by atoms with Crippen molar-refractivity contribution in [1.82, 2.24) is 10.2 Å². The number of hydrogen-bond donors (Lipinski definition) is 1. The molecule has 0 unspecified atom stereocenters. The molecule has 0 radical (unpaired) electrons. The molecule has 0 bridgehead atoms. The number of anilines is 1. The molecule has 2 amide bonds. The van der Waals surface area contributed by atoms with Crippen LogP contribution in [0.2, 0.25) is 10.0 Å². The van der Waals surface area contributed by atoms with E-state index in [9.17, 15) is 18.0 Å². The van der Waals surface area contributed by atoms with Crippen molar-refractivity contribution < 1.29 is 18.0 Å². The maximum atomic E-state index is 14.2. The minimum atomic E-state index is -4.15. The summed E-state index contributed by atoms with van der Waals surface area (Å²) < 4.78 is 29.2. The number of carbonyl (C=O) groups is 2.